The zero-order valence-electron chi connectivity index (χ0n) is 18.0. The molecule has 1 aliphatic heterocycles. The number of phenolic OH excluding ortho intramolecular Hbond substituents is 1. The Morgan fingerprint density at radius 1 is 1.00 bits per heavy atom. The summed E-state index contributed by atoms with van der Waals surface area (Å²) in [4.78, 5) is 25.3. The van der Waals surface area contributed by atoms with Gasteiger partial charge in [0.1, 0.15) is 5.75 Å². The predicted octanol–water partition coefficient (Wildman–Crippen LogP) is 1.81. The van der Waals surface area contributed by atoms with Crippen LogP contribution in [0.15, 0.2) is 35.6 Å². The maximum Gasteiger partial charge on any atom is 0.196 e. The number of nitrogens with zero attached hydrogens (tertiary/aromatic N) is 3. The van der Waals surface area contributed by atoms with E-state index in [-0.39, 0.29) is 11.5 Å². The first-order valence-corrected chi connectivity index (χ1v) is 10.2. The van der Waals surface area contributed by atoms with Gasteiger partial charge in [-0.2, -0.15) is 0 Å². The minimum Gasteiger partial charge on any atom is -0.507 e. The number of fused-ring (bicyclic) bond motifs is 2. The van der Waals surface area contributed by atoms with E-state index in [1.807, 2.05) is 52.7 Å². The van der Waals surface area contributed by atoms with Crippen LogP contribution in [0.4, 0.5) is 0 Å². The molecule has 30 heavy (non-hydrogen) atoms. The third-order valence-electron chi connectivity index (χ3n) is 5.66. The predicted molar refractivity (Wildman–Crippen MR) is 120 cm³/mol. The van der Waals surface area contributed by atoms with E-state index in [2.05, 4.69) is 19.8 Å². The van der Waals surface area contributed by atoms with Crippen molar-refractivity contribution in [2.24, 2.45) is 4.99 Å². The molecule has 0 saturated heterocycles. The minimum atomic E-state index is -0.0495. The number of hydrogen-bond donors (Lipinski definition) is 2. The number of aromatic amines is 1. The standard InChI is InChI=1S/C24H28N4O2/c1-27(2)11-9-15-13-25-19-7-5-17(23(29)21(15)19)18-6-8-20-22(24(18)30)16(14-26-20)10-12-28(3)4/h5-8,13-14,25,30H,9-12H2,1-4H3. The van der Waals surface area contributed by atoms with E-state index in [9.17, 15) is 9.90 Å². The Morgan fingerprint density at radius 2 is 1.73 bits per heavy atom. The molecule has 0 amide bonds. The first kappa shape index (κ1) is 20.3. The molecule has 0 bridgehead atoms. The largest absolute Gasteiger partial charge is 0.507 e. The molecule has 0 unspecified atom stereocenters. The quantitative estimate of drug-likeness (QED) is 0.770. The van der Waals surface area contributed by atoms with Crippen molar-refractivity contribution in [3.8, 4) is 5.75 Å². The van der Waals surface area contributed by atoms with Crippen LogP contribution in [0.2, 0.25) is 0 Å². The van der Waals surface area contributed by atoms with E-state index < -0.39 is 0 Å². The summed E-state index contributed by atoms with van der Waals surface area (Å²) in [5.74, 6) is 0.0899. The Kier molecular flexibility index (Phi) is 5.45. The van der Waals surface area contributed by atoms with Gasteiger partial charge in [-0.3, -0.25) is 9.79 Å². The SMILES string of the molecule is CN(C)CCC1=CN=c2ccc(=C3C=Cc4[nH]cc(CCN(C)C)c4C3=O)c(O)c21. The van der Waals surface area contributed by atoms with Crippen LogP contribution in [0.25, 0.3) is 17.2 Å². The molecule has 2 aliphatic rings. The molecular formula is C24H28N4O2. The van der Waals surface area contributed by atoms with Crippen LogP contribution in [-0.2, 0) is 6.42 Å². The number of phenols is 1. The van der Waals surface area contributed by atoms with Gasteiger partial charge in [-0.15, -0.1) is 0 Å². The highest BCUT2D eigenvalue weighted by Crippen LogP contribution is 2.29. The van der Waals surface area contributed by atoms with Gasteiger partial charge in [-0.05, 0) is 76.5 Å². The molecule has 0 atom stereocenters. The van der Waals surface area contributed by atoms with E-state index in [0.717, 1.165) is 53.7 Å². The molecule has 2 aromatic rings. The number of Topliss-reactive ketones (excluding diaryl/α,β-unsaturated/α-hetero) is 1. The van der Waals surface area contributed by atoms with Gasteiger partial charge in [0.15, 0.2) is 5.78 Å². The Labute approximate surface area is 176 Å². The number of allylic oxidation sites excluding steroid dienone is 1. The third-order valence-corrected chi connectivity index (χ3v) is 5.66. The molecule has 156 valence electrons. The number of ketones is 1. The summed E-state index contributed by atoms with van der Waals surface area (Å²) >= 11 is 0. The van der Waals surface area contributed by atoms with Gasteiger partial charge in [-0.25, -0.2) is 0 Å². The molecule has 6 heteroatoms. The van der Waals surface area contributed by atoms with E-state index in [4.69, 9.17) is 0 Å². The van der Waals surface area contributed by atoms with Gasteiger partial charge in [0, 0.05) is 47.5 Å². The van der Waals surface area contributed by atoms with Crippen molar-refractivity contribution >= 4 is 23.0 Å². The fourth-order valence-electron chi connectivity index (χ4n) is 3.98. The lowest BCUT2D eigenvalue weighted by molar-refractivity contribution is 0.105. The number of H-pyrrole nitrogens is 1. The lowest BCUT2D eigenvalue weighted by Gasteiger charge is -2.14. The third kappa shape index (κ3) is 3.64. The van der Waals surface area contributed by atoms with Crippen LogP contribution in [-0.4, -0.2) is 67.0 Å². The highest BCUT2D eigenvalue weighted by Gasteiger charge is 2.25. The minimum absolute atomic E-state index is 0.0495. The van der Waals surface area contributed by atoms with Crippen LogP contribution in [0.1, 0.15) is 33.6 Å². The Bertz CT molecular complexity index is 1180. The summed E-state index contributed by atoms with van der Waals surface area (Å²) < 4.78 is 0. The van der Waals surface area contributed by atoms with Gasteiger partial charge in [-0.1, -0.05) is 0 Å². The average Bonchev–Trinajstić information content (AvgIpc) is 3.30. The van der Waals surface area contributed by atoms with Crippen LogP contribution in [0.5, 0.6) is 5.75 Å². The van der Waals surface area contributed by atoms with Crippen molar-refractivity contribution in [3.63, 3.8) is 0 Å². The van der Waals surface area contributed by atoms with Crippen LogP contribution in [0.3, 0.4) is 0 Å². The number of hydrogen-bond acceptors (Lipinski definition) is 5. The molecule has 4 rings (SSSR count). The number of rotatable bonds is 6. The van der Waals surface area contributed by atoms with Crippen LogP contribution < -0.4 is 10.6 Å². The Hall–Kier alpha value is -2.96. The number of aromatic hydroxyl groups is 1. The van der Waals surface area contributed by atoms with Crippen molar-refractivity contribution in [3.05, 3.63) is 63.6 Å². The smallest absolute Gasteiger partial charge is 0.196 e. The van der Waals surface area contributed by atoms with Crippen molar-refractivity contribution in [2.75, 3.05) is 41.3 Å². The highest BCUT2D eigenvalue weighted by molar-refractivity contribution is 6.31. The summed E-state index contributed by atoms with van der Waals surface area (Å²) in [7, 11) is 8.09. The normalized spacial score (nSPS) is 16.7. The highest BCUT2D eigenvalue weighted by atomic mass is 16.3. The fraction of sp³-hybridized carbons (Fsp3) is 0.333. The van der Waals surface area contributed by atoms with Gasteiger partial charge in [0.05, 0.1) is 10.9 Å². The lowest BCUT2D eigenvalue weighted by atomic mass is 9.91. The van der Waals surface area contributed by atoms with Crippen molar-refractivity contribution in [1.82, 2.24) is 14.8 Å². The van der Waals surface area contributed by atoms with Crippen molar-refractivity contribution < 1.29 is 9.90 Å². The number of nitrogens with one attached hydrogen (secondary N) is 1. The van der Waals surface area contributed by atoms with Gasteiger partial charge >= 0.3 is 0 Å². The van der Waals surface area contributed by atoms with Crippen LogP contribution >= 0.6 is 0 Å². The molecule has 6 nitrogen and oxygen atoms in total. The summed E-state index contributed by atoms with van der Waals surface area (Å²) in [5.41, 5.74) is 4.82. The summed E-state index contributed by atoms with van der Waals surface area (Å²) in [6.45, 7) is 1.73. The second-order valence-electron chi connectivity index (χ2n) is 8.42. The molecule has 2 heterocycles. The molecule has 0 radical (unpaired) electrons. The first-order chi connectivity index (χ1) is 14.4. The number of carbonyl (C=O) groups excluding carboxylic acids is 1. The number of likely N-dealkylation sites (N-methyl/N-ethyl adjacent to an activating group) is 1. The maximum atomic E-state index is 13.4. The molecule has 1 aromatic carbocycles. The van der Waals surface area contributed by atoms with E-state index in [0.29, 0.717) is 16.4 Å². The summed E-state index contributed by atoms with van der Waals surface area (Å²) in [6.07, 6.45) is 9.04. The Balaban J connectivity index is 1.77. The molecule has 0 saturated carbocycles. The topological polar surface area (TPSA) is 71.9 Å². The summed E-state index contributed by atoms with van der Waals surface area (Å²) in [5, 5.41) is 12.4. The number of aromatic nitrogens is 1. The molecule has 1 aliphatic carbocycles. The molecule has 1 aromatic heterocycles. The van der Waals surface area contributed by atoms with Crippen molar-refractivity contribution in [2.45, 2.75) is 12.8 Å². The second-order valence-corrected chi connectivity index (χ2v) is 8.42. The molecule has 2 N–H and O–H groups in total. The number of benzene rings is 1. The summed E-state index contributed by atoms with van der Waals surface area (Å²) in [6, 6.07) is 3.69. The van der Waals surface area contributed by atoms with Crippen molar-refractivity contribution in [1.29, 1.82) is 0 Å². The monoisotopic (exact) mass is 404 g/mol. The van der Waals surface area contributed by atoms with Gasteiger partial charge in [0.25, 0.3) is 0 Å². The Morgan fingerprint density at radius 3 is 2.47 bits per heavy atom. The van der Waals surface area contributed by atoms with Gasteiger partial charge < -0.3 is 19.9 Å². The molecular weight excluding hydrogens is 376 g/mol. The lowest BCUT2D eigenvalue weighted by Crippen LogP contribution is -2.22. The average molecular weight is 405 g/mol. The maximum absolute atomic E-state index is 13.4. The second kappa shape index (κ2) is 8.05. The fourth-order valence-corrected chi connectivity index (χ4v) is 3.98. The number of carbonyl (C=O) groups is 1. The zero-order chi connectivity index (χ0) is 21.4. The van der Waals surface area contributed by atoms with Crippen LogP contribution in [0, 0.1) is 0 Å². The van der Waals surface area contributed by atoms with Gasteiger partial charge in [0.2, 0.25) is 0 Å². The van der Waals surface area contributed by atoms with E-state index in [1.54, 1.807) is 12.1 Å². The first-order valence-electron chi connectivity index (χ1n) is 10.2. The van der Waals surface area contributed by atoms with E-state index in [1.165, 1.54) is 0 Å². The molecule has 0 fully saturated rings. The zero-order valence-corrected chi connectivity index (χ0v) is 18.0. The molecule has 0 spiro atoms. The van der Waals surface area contributed by atoms with E-state index >= 15 is 0 Å².